The van der Waals surface area contributed by atoms with Gasteiger partial charge in [-0.05, 0) is 60.0 Å². The first kappa shape index (κ1) is 20.1. The molecule has 0 spiro atoms. The highest BCUT2D eigenvalue weighted by atomic mass is 32.2. The Labute approximate surface area is 174 Å². The first-order chi connectivity index (χ1) is 14.3. The van der Waals surface area contributed by atoms with Crippen LogP contribution in [0.4, 0.5) is 4.39 Å². The average Bonchev–Trinajstić information content (AvgIpc) is 3.14. The third-order valence-electron chi connectivity index (χ3n) is 4.85. The van der Waals surface area contributed by atoms with E-state index >= 15 is 0 Å². The Morgan fingerprint density at radius 3 is 2.67 bits per heavy atom. The summed E-state index contributed by atoms with van der Waals surface area (Å²) in [5, 5.41) is 2.78. The average molecular weight is 425 g/mol. The second-order valence-electron chi connectivity index (χ2n) is 7.14. The van der Waals surface area contributed by atoms with Crippen LogP contribution in [0.1, 0.15) is 11.1 Å². The monoisotopic (exact) mass is 425 g/mol. The molecule has 0 bridgehead atoms. The number of aryl methyl sites for hydroxylation is 1. The van der Waals surface area contributed by atoms with Crippen molar-refractivity contribution in [3.8, 4) is 0 Å². The van der Waals surface area contributed by atoms with Crippen LogP contribution in [0, 0.1) is 12.7 Å². The summed E-state index contributed by atoms with van der Waals surface area (Å²) in [6.45, 7) is 1.83. The van der Waals surface area contributed by atoms with Gasteiger partial charge in [-0.25, -0.2) is 12.8 Å². The number of nitrogens with one attached hydrogen (secondary N) is 2. The molecule has 2 N–H and O–H groups in total. The predicted molar refractivity (Wildman–Crippen MR) is 111 cm³/mol. The van der Waals surface area contributed by atoms with E-state index in [0.717, 1.165) is 11.1 Å². The van der Waals surface area contributed by atoms with Gasteiger partial charge in [0.1, 0.15) is 5.82 Å². The number of carbonyl (C=O) groups excluding carboxylic acids is 1. The number of amides is 1. The fourth-order valence-electron chi connectivity index (χ4n) is 3.35. The first-order valence-electron chi connectivity index (χ1n) is 9.34. The van der Waals surface area contributed by atoms with Gasteiger partial charge in [0.15, 0.2) is 0 Å². The summed E-state index contributed by atoms with van der Waals surface area (Å²) in [5.74, 6) is -0.635. The summed E-state index contributed by atoms with van der Waals surface area (Å²) in [6.07, 6.45) is 6.87. The molecule has 6 nitrogen and oxygen atoms in total. The van der Waals surface area contributed by atoms with Crippen molar-refractivity contribution in [3.63, 3.8) is 0 Å². The summed E-state index contributed by atoms with van der Waals surface area (Å²) in [5.41, 5.74) is 5.60. The lowest BCUT2D eigenvalue weighted by Crippen LogP contribution is -2.43. The van der Waals surface area contributed by atoms with Gasteiger partial charge in [-0.1, -0.05) is 30.3 Å². The van der Waals surface area contributed by atoms with Crippen molar-refractivity contribution in [1.82, 2.24) is 15.2 Å². The van der Waals surface area contributed by atoms with Crippen molar-refractivity contribution in [2.24, 2.45) is 0 Å². The second-order valence-corrected chi connectivity index (χ2v) is 8.96. The van der Waals surface area contributed by atoms with Gasteiger partial charge in [0, 0.05) is 11.9 Å². The Hall–Kier alpha value is -3.23. The van der Waals surface area contributed by atoms with E-state index in [4.69, 9.17) is 0 Å². The summed E-state index contributed by atoms with van der Waals surface area (Å²) in [6, 6.07) is 11.8. The molecule has 1 aliphatic carbocycles. The molecule has 2 aromatic rings. The quantitative estimate of drug-likeness (QED) is 0.772. The van der Waals surface area contributed by atoms with Crippen LogP contribution in [0.2, 0.25) is 0 Å². The highest BCUT2D eigenvalue weighted by molar-refractivity contribution is 7.89. The summed E-state index contributed by atoms with van der Waals surface area (Å²) in [4.78, 5) is 12.5. The SMILES string of the molecule is Cc1cccc(S(=O)(=O)N2NC=C3C=CC(NC(=O)Cc4ccc(F)cc4)=CC32)c1. The second kappa shape index (κ2) is 7.89. The van der Waals surface area contributed by atoms with Crippen LogP contribution in [0.15, 0.2) is 89.1 Å². The van der Waals surface area contributed by atoms with E-state index in [2.05, 4.69) is 10.7 Å². The van der Waals surface area contributed by atoms with Crippen molar-refractivity contribution in [2.75, 3.05) is 0 Å². The molecule has 0 saturated heterocycles. The number of nitrogens with zero attached hydrogens (tertiary/aromatic N) is 1. The van der Waals surface area contributed by atoms with E-state index in [9.17, 15) is 17.6 Å². The van der Waals surface area contributed by atoms with Crippen molar-refractivity contribution >= 4 is 15.9 Å². The number of allylic oxidation sites excluding steroid dienone is 1. The van der Waals surface area contributed by atoms with Crippen molar-refractivity contribution in [3.05, 3.63) is 101 Å². The van der Waals surface area contributed by atoms with E-state index in [1.165, 1.54) is 16.5 Å². The number of hydrogen-bond donors (Lipinski definition) is 2. The normalized spacial score (nSPS) is 18.3. The van der Waals surface area contributed by atoms with Gasteiger partial charge in [0.25, 0.3) is 10.0 Å². The smallest absolute Gasteiger partial charge is 0.260 e. The van der Waals surface area contributed by atoms with Crippen LogP contribution >= 0.6 is 0 Å². The van der Waals surface area contributed by atoms with E-state index in [1.54, 1.807) is 54.8 Å². The minimum absolute atomic E-state index is 0.0857. The van der Waals surface area contributed by atoms with E-state index in [-0.39, 0.29) is 23.0 Å². The van der Waals surface area contributed by atoms with Gasteiger partial charge in [-0.3, -0.25) is 4.79 Å². The zero-order chi connectivity index (χ0) is 21.3. The van der Waals surface area contributed by atoms with Crippen LogP contribution in [-0.2, 0) is 21.2 Å². The molecule has 4 rings (SSSR count). The van der Waals surface area contributed by atoms with Gasteiger partial charge in [0.2, 0.25) is 5.91 Å². The lowest BCUT2D eigenvalue weighted by atomic mass is 10.0. The predicted octanol–water partition coefficient (Wildman–Crippen LogP) is 2.71. The molecule has 1 atom stereocenters. The molecule has 0 radical (unpaired) electrons. The van der Waals surface area contributed by atoms with Crippen LogP contribution in [-0.4, -0.2) is 24.8 Å². The zero-order valence-corrected chi connectivity index (χ0v) is 17.0. The molecule has 8 heteroatoms. The summed E-state index contributed by atoms with van der Waals surface area (Å²) >= 11 is 0. The molecule has 0 aromatic heterocycles. The van der Waals surface area contributed by atoms with Gasteiger partial charge in [0.05, 0.1) is 17.4 Å². The maximum atomic E-state index is 13.1. The molecule has 30 heavy (non-hydrogen) atoms. The molecular formula is C22H20FN3O3S. The number of hydrogen-bond acceptors (Lipinski definition) is 4. The Morgan fingerprint density at radius 1 is 1.17 bits per heavy atom. The highest BCUT2D eigenvalue weighted by Gasteiger charge is 2.36. The molecular weight excluding hydrogens is 405 g/mol. The molecule has 0 saturated carbocycles. The standard InChI is InChI=1S/C22H20FN3O3S/c1-15-3-2-4-20(11-15)30(28,29)26-21-13-19(10-7-17(21)14-24-26)25-22(27)12-16-5-8-18(23)9-6-16/h2-11,13-14,21,24H,12H2,1H3,(H,25,27). The molecule has 0 fully saturated rings. The lowest BCUT2D eigenvalue weighted by molar-refractivity contribution is -0.119. The van der Waals surface area contributed by atoms with Crippen molar-refractivity contribution in [2.45, 2.75) is 24.3 Å². The maximum Gasteiger partial charge on any atom is 0.260 e. The number of hydrazine groups is 1. The Kier molecular flexibility index (Phi) is 5.27. The van der Waals surface area contributed by atoms with Crippen LogP contribution < -0.4 is 10.7 Å². The van der Waals surface area contributed by atoms with Crippen molar-refractivity contribution in [1.29, 1.82) is 0 Å². The topological polar surface area (TPSA) is 78.5 Å². The number of halogens is 1. The minimum Gasteiger partial charge on any atom is -0.326 e. The van der Waals surface area contributed by atoms with E-state index in [0.29, 0.717) is 11.3 Å². The highest BCUT2D eigenvalue weighted by Crippen LogP contribution is 2.28. The van der Waals surface area contributed by atoms with Crippen molar-refractivity contribution < 1.29 is 17.6 Å². The van der Waals surface area contributed by atoms with Crippen LogP contribution in [0.3, 0.4) is 0 Å². The molecule has 1 aliphatic heterocycles. The number of carbonyl (C=O) groups is 1. The zero-order valence-electron chi connectivity index (χ0n) is 16.2. The number of rotatable bonds is 5. The Balaban J connectivity index is 1.51. The largest absolute Gasteiger partial charge is 0.326 e. The molecule has 1 unspecified atom stereocenters. The number of benzene rings is 2. The maximum absolute atomic E-state index is 13.1. The molecule has 154 valence electrons. The minimum atomic E-state index is -3.79. The summed E-state index contributed by atoms with van der Waals surface area (Å²) < 4.78 is 40.4. The fraction of sp³-hybridized carbons (Fsp3) is 0.136. The molecule has 2 aliphatic rings. The van der Waals surface area contributed by atoms with Gasteiger partial charge < -0.3 is 10.7 Å². The van der Waals surface area contributed by atoms with Gasteiger partial charge >= 0.3 is 0 Å². The number of sulfonamides is 1. The fourth-order valence-corrected chi connectivity index (χ4v) is 4.83. The molecule has 1 amide bonds. The third kappa shape index (κ3) is 4.05. The van der Waals surface area contributed by atoms with Crippen LogP contribution in [0.5, 0.6) is 0 Å². The Bertz CT molecular complexity index is 1180. The van der Waals surface area contributed by atoms with Gasteiger partial charge in [-0.2, -0.15) is 0 Å². The molecule has 2 aromatic carbocycles. The lowest BCUT2D eigenvalue weighted by Gasteiger charge is -2.25. The Morgan fingerprint density at radius 2 is 1.93 bits per heavy atom. The first-order valence-corrected chi connectivity index (χ1v) is 10.8. The summed E-state index contributed by atoms with van der Waals surface area (Å²) in [7, 11) is -3.79. The van der Waals surface area contributed by atoms with E-state index in [1.807, 2.05) is 13.0 Å². The van der Waals surface area contributed by atoms with Gasteiger partial charge in [-0.15, -0.1) is 4.41 Å². The number of fused-ring (bicyclic) bond motifs is 1. The third-order valence-corrected chi connectivity index (χ3v) is 6.55. The molecule has 1 heterocycles. The van der Waals surface area contributed by atoms with E-state index < -0.39 is 16.1 Å². The van der Waals surface area contributed by atoms with Crippen LogP contribution in [0.25, 0.3) is 0 Å².